The van der Waals surface area contributed by atoms with Gasteiger partial charge >= 0.3 is 0 Å². The Balaban J connectivity index is 1.63. The minimum Gasteiger partial charge on any atom is -0.399 e. The molecule has 3 heterocycles. The highest BCUT2D eigenvalue weighted by molar-refractivity contribution is 6.03. The van der Waals surface area contributed by atoms with Gasteiger partial charge in [-0.25, -0.2) is 4.52 Å². The third-order valence-electron chi connectivity index (χ3n) is 3.70. The number of carbonyl (C=O) groups is 1. The Hall–Kier alpha value is -3.74. The Morgan fingerprint density at radius 3 is 2.80 bits per heavy atom. The van der Waals surface area contributed by atoms with E-state index in [1.807, 2.05) is 42.6 Å². The van der Waals surface area contributed by atoms with E-state index >= 15 is 0 Å². The SMILES string of the molecule is Nc1cccc(-c2ccc3nc(NC(=O)c4cccnc4)nn3c2)c1. The lowest BCUT2D eigenvalue weighted by Crippen LogP contribution is -2.13. The molecule has 0 atom stereocenters. The molecule has 1 aromatic carbocycles. The van der Waals surface area contributed by atoms with E-state index in [1.165, 1.54) is 6.20 Å². The van der Waals surface area contributed by atoms with Gasteiger partial charge in [0.25, 0.3) is 5.91 Å². The second-order valence-corrected chi connectivity index (χ2v) is 5.48. The van der Waals surface area contributed by atoms with Crippen LogP contribution < -0.4 is 11.1 Å². The standard InChI is InChI=1S/C18H14N6O/c19-15-5-1-3-12(9-15)14-6-7-16-21-18(23-24(16)11-14)22-17(25)13-4-2-8-20-10-13/h1-11H,19H2,(H,22,23,25). The van der Waals surface area contributed by atoms with Crippen LogP contribution in [-0.2, 0) is 0 Å². The highest BCUT2D eigenvalue weighted by Crippen LogP contribution is 2.22. The Labute approximate surface area is 143 Å². The normalized spacial score (nSPS) is 10.7. The Bertz CT molecular complexity index is 1060. The van der Waals surface area contributed by atoms with Crippen LogP contribution in [0.4, 0.5) is 11.6 Å². The maximum absolute atomic E-state index is 12.2. The highest BCUT2D eigenvalue weighted by atomic mass is 16.1. The monoisotopic (exact) mass is 330 g/mol. The van der Waals surface area contributed by atoms with Gasteiger partial charge in [0.2, 0.25) is 5.95 Å². The fourth-order valence-corrected chi connectivity index (χ4v) is 2.50. The molecule has 0 aliphatic carbocycles. The van der Waals surface area contributed by atoms with E-state index in [0.717, 1.165) is 11.1 Å². The number of nitrogens with two attached hydrogens (primary N) is 1. The van der Waals surface area contributed by atoms with E-state index in [-0.39, 0.29) is 11.9 Å². The van der Waals surface area contributed by atoms with Crippen LogP contribution in [0.15, 0.2) is 67.1 Å². The lowest BCUT2D eigenvalue weighted by molar-refractivity contribution is 0.102. The number of rotatable bonds is 3. The number of nitrogens with zero attached hydrogens (tertiary/aromatic N) is 4. The van der Waals surface area contributed by atoms with Gasteiger partial charge in [0.05, 0.1) is 5.56 Å². The van der Waals surface area contributed by atoms with Gasteiger partial charge in [-0.15, -0.1) is 5.10 Å². The van der Waals surface area contributed by atoms with Crippen molar-refractivity contribution in [3.05, 3.63) is 72.7 Å². The molecule has 7 nitrogen and oxygen atoms in total. The van der Waals surface area contributed by atoms with Gasteiger partial charge in [-0.3, -0.25) is 15.1 Å². The molecule has 1 amide bonds. The molecule has 25 heavy (non-hydrogen) atoms. The topological polar surface area (TPSA) is 98.2 Å². The molecule has 4 rings (SSSR count). The fourth-order valence-electron chi connectivity index (χ4n) is 2.50. The minimum atomic E-state index is -0.305. The largest absolute Gasteiger partial charge is 0.399 e. The lowest BCUT2D eigenvalue weighted by atomic mass is 10.1. The molecule has 0 bridgehead atoms. The van der Waals surface area contributed by atoms with Crippen LogP contribution >= 0.6 is 0 Å². The van der Waals surface area contributed by atoms with Crippen LogP contribution in [0.25, 0.3) is 16.8 Å². The second kappa shape index (κ2) is 6.04. The van der Waals surface area contributed by atoms with Crippen LogP contribution in [0.3, 0.4) is 0 Å². The Kier molecular flexibility index (Phi) is 3.59. The average Bonchev–Trinajstić information content (AvgIpc) is 3.03. The van der Waals surface area contributed by atoms with E-state index in [9.17, 15) is 4.79 Å². The van der Waals surface area contributed by atoms with Crippen molar-refractivity contribution in [3.63, 3.8) is 0 Å². The minimum absolute atomic E-state index is 0.235. The maximum Gasteiger partial charge on any atom is 0.259 e. The molecule has 3 N–H and O–H groups in total. The number of aromatic nitrogens is 4. The van der Waals surface area contributed by atoms with Crippen molar-refractivity contribution >= 4 is 23.2 Å². The van der Waals surface area contributed by atoms with Crippen molar-refractivity contribution in [3.8, 4) is 11.1 Å². The molecule has 0 saturated heterocycles. The summed E-state index contributed by atoms with van der Waals surface area (Å²) in [5, 5.41) is 6.98. The van der Waals surface area contributed by atoms with Gasteiger partial charge in [0.1, 0.15) is 0 Å². The van der Waals surface area contributed by atoms with Crippen LogP contribution in [0.5, 0.6) is 0 Å². The van der Waals surface area contributed by atoms with Crippen molar-refractivity contribution in [2.24, 2.45) is 0 Å². The molecule has 0 unspecified atom stereocenters. The van der Waals surface area contributed by atoms with Gasteiger partial charge in [-0.05, 0) is 42.0 Å². The van der Waals surface area contributed by atoms with E-state index in [2.05, 4.69) is 20.4 Å². The molecule has 0 saturated carbocycles. The number of anilines is 2. The zero-order valence-electron chi connectivity index (χ0n) is 13.1. The molecule has 0 aliphatic rings. The number of nitrogen functional groups attached to an aromatic ring is 1. The summed E-state index contributed by atoms with van der Waals surface area (Å²) < 4.78 is 1.62. The summed E-state index contributed by atoms with van der Waals surface area (Å²) in [7, 11) is 0. The molecule has 4 aromatic rings. The van der Waals surface area contributed by atoms with Crippen LogP contribution in [0.1, 0.15) is 10.4 Å². The third-order valence-corrected chi connectivity index (χ3v) is 3.70. The molecule has 0 radical (unpaired) electrons. The first-order valence-corrected chi connectivity index (χ1v) is 7.63. The molecule has 122 valence electrons. The number of carbonyl (C=O) groups excluding carboxylic acids is 1. The quantitative estimate of drug-likeness (QED) is 0.563. The van der Waals surface area contributed by atoms with Gasteiger partial charge in [-0.2, -0.15) is 4.98 Å². The van der Waals surface area contributed by atoms with E-state index in [0.29, 0.717) is 16.9 Å². The first kappa shape index (κ1) is 14.8. The predicted molar refractivity (Wildman–Crippen MR) is 95.0 cm³/mol. The predicted octanol–water partition coefficient (Wildman–Crippen LogP) is 2.63. The lowest BCUT2D eigenvalue weighted by Gasteiger charge is -2.02. The Morgan fingerprint density at radius 2 is 2.00 bits per heavy atom. The molecule has 0 fully saturated rings. The molecule has 3 aromatic heterocycles. The van der Waals surface area contributed by atoms with Gasteiger partial charge in [0, 0.05) is 29.8 Å². The number of hydrogen-bond donors (Lipinski definition) is 2. The number of hydrogen-bond acceptors (Lipinski definition) is 5. The van der Waals surface area contributed by atoms with E-state index in [1.54, 1.807) is 22.8 Å². The smallest absolute Gasteiger partial charge is 0.259 e. The van der Waals surface area contributed by atoms with E-state index in [4.69, 9.17) is 5.73 Å². The van der Waals surface area contributed by atoms with Crippen molar-refractivity contribution in [2.75, 3.05) is 11.1 Å². The maximum atomic E-state index is 12.2. The molecule has 0 spiro atoms. The number of nitrogens with one attached hydrogen (secondary N) is 1. The first-order valence-electron chi connectivity index (χ1n) is 7.63. The summed E-state index contributed by atoms with van der Waals surface area (Å²) in [6.45, 7) is 0. The first-order chi connectivity index (χ1) is 12.2. The fraction of sp³-hybridized carbons (Fsp3) is 0. The molecule has 0 aliphatic heterocycles. The Morgan fingerprint density at radius 1 is 1.08 bits per heavy atom. The average molecular weight is 330 g/mol. The van der Waals surface area contributed by atoms with Gasteiger partial charge < -0.3 is 5.73 Å². The van der Waals surface area contributed by atoms with Gasteiger partial charge in [-0.1, -0.05) is 12.1 Å². The van der Waals surface area contributed by atoms with Crippen LogP contribution in [0, 0.1) is 0 Å². The molecular formula is C18H14N6O. The summed E-state index contributed by atoms with van der Waals surface area (Å²) in [4.78, 5) is 20.4. The van der Waals surface area contributed by atoms with E-state index < -0.39 is 0 Å². The molecule has 7 heteroatoms. The number of pyridine rings is 2. The van der Waals surface area contributed by atoms with Crippen LogP contribution in [-0.4, -0.2) is 25.5 Å². The second-order valence-electron chi connectivity index (χ2n) is 5.48. The summed E-state index contributed by atoms with van der Waals surface area (Å²) in [5.74, 6) is -0.0707. The molecular weight excluding hydrogens is 316 g/mol. The van der Waals surface area contributed by atoms with Crippen LogP contribution in [0.2, 0.25) is 0 Å². The number of benzene rings is 1. The summed E-state index contributed by atoms with van der Waals surface area (Å²) >= 11 is 0. The summed E-state index contributed by atoms with van der Waals surface area (Å²) in [6.07, 6.45) is 4.94. The summed E-state index contributed by atoms with van der Waals surface area (Å²) in [6, 6.07) is 14.7. The van der Waals surface area contributed by atoms with Crippen molar-refractivity contribution in [1.82, 2.24) is 19.6 Å². The number of amides is 1. The van der Waals surface area contributed by atoms with Crippen molar-refractivity contribution < 1.29 is 4.79 Å². The van der Waals surface area contributed by atoms with Crippen molar-refractivity contribution in [1.29, 1.82) is 0 Å². The van der Waals surface area contributed by atoms with Crippen molar-refractivity contribution in [2.45, 2.75) is 0 Å². The third kappa shape index (κ3) is 3.02. The number of fused-ring (bicyclic) bond motifs is 1. The summed E-state index contributed by atoms with van der Waals surface area (Å²) in [5.41, 5.74) is 9.55. The highest BCUT2D eigenvalue weighted by Gasteiger charge is 2.10. The van der Waals surface area contributed by atoms with Gasteiger partial charge in [0.15, 0.2) is 5.65 Å². The zero-order chi connectivity index (χ0) is 17.2. The zero-order valence-corrected chi connectivity index (χ0v) is 13.1.